The third kappa shape index (κ3) is 5.96. The monoisotopic (exact) mass is 348 g/mol. The van der Waals surface area contributed by atoms with Crippen LogP contribution in [0.15, 0.2) is 30.3 Å². The van der Waals surface area contributed by atoms with Gasteiger partial charge in [-0.15, -0.1) is 0 Å². The van der Waals surface area contributed by atoms with Crippen LogP contribution >= 0.6 is 0 Å². The van der Waals surface area contributed by atoms with Gasteiger partial charge in [0.15, 0.2) is 0 Å². The van der Waals surface area contributed by atoms with Gasteiger partial charge in [0, 0.05) is 12.6 Å². The number of nitrogens with one attached hydrogen (secondary N) is 1. The van der Waals surface area contributed by atoms with Gasteiger partial charge in [0.25, 0.3) is 0 Å². The molecular weight excluding hydrogens is 320 g/mol. The Morgan fingerprint density at radius 2 is 1.92 bits per heavy atom. The largest absolute Gasteiger partial charge is 0.445 e. The molecule has 1 aliphatic heterocycles. The van der Waals surface area contributed by atoms with Crippen LogP contribution in [-0.2, 0) is 16.1 Å². The van der Waals surface area contributed by atoms with Crippen LogP contribution in [0.25, 0.3) is 0 Å². The van der Waals surface area contributed by atoms with Gasteiger partial charge < -0.3 is 19.7 Å². The van der Waals surface area contributed by atoms with E-state index in [0.717, 1.165) is 12.0 Å². The predicted molar refractivity (Wildman–Crippen MR) is 95.2 cm³/mol. The van der Waals surface area contributed by atoms with Gasteiger partial charge in [0.05, 0.1) is 6.04 Å². The number of amides is 2. The van der Waals surface area contributed by atoms with Gasteiger partial charge in [0.2, 0.25) is 0 Å². The Balaban J connectivity index is 1.84. The van der Waals surface area contributed by atoms with Crippen LogP contribution in [0, 0.1) is 0 Å². The highest BCUT2D eigenvalue weighted by Crippen LogP contribution is 2.23. The molecule has 1 aliphatic rings. The van der Waals surface area contributed by atoms with Crippen LogP contribution < -0.4 is 5.32 Å². The summed E-state index contributed by atoms with van der Waals surface area (Å²) in [5, 5.41) is 2.85. The molecule has 6 heteroatoms. The zero-order chi connectivity index (χ0) is 18.4. The molecule has 0 radical (unpaired) electrons. The Bertz CT molecular complexity index is 583. The first-order valence-electron chi connectivity index (χ1n) is 8.75. The molecule has 1 heterocycles. The molecule has 0 aromatic heterocycles. The fourth-order valence-electron chi connectivity index (χ4n) is 2.88. The summed E-state index contributed by atoms with van der Waals surface area (Å²) in [7, 11) is 0. The summed E-state index contributed by atoms with van der Waals surface area (Å²) in [4.78, 5) is 26.0. The first kappa shape index (κ1) is 19.1. The number of carbonyl (C=O) groups is 2. The maximum absolute atomic E-state index is 12.3. The smallest absolute Gasteiger partial charge is 0.410 e. The van der Waals surface area contributed by atoms with E-state index < -0.39 is 11.7 Å². The van der Waals surface area contributed by atoms with Crippen molar-refractivity contribution < 1.29 is 19.1 Å². The molecule has 0 unspecified atom stereocenters. The topological polar surface area (TPSA) is 67.9 Å². The second-order valence-electron chi connectivity index (χ2n) is 7.33. The molecule has 138 valence electrons. The average Bonchev–Trinajstić information content (AvgIpc) is 2.95. The highest BCUT2D eigenvalue weighted by molar-refractivity contribution is 5.70. The second kappa shape index (κ2) is 8.23. The molecule has 2 rings (SSSR count). The lowest BCUT2D eigenvalue weighted by molar-refractivity contribution is 0.0220. The molecule has 6 nitrogen and oxygen atoms in total. The van der Waals surface area contributed by atoms with E-state index in [1.54, 1.807) is 4.90 Å². The average molecular weight is 348 g/mol. The number of alkyl carbamates (subject to hydrolysis) is 1. The van der Waals surface area contributed by atoms with Gasteiger partial charge >= 0.3 is 12.2 Å². The molecule has 25 heavy (non-hydrogen) atoms. The number of hydrogen-bond donors (Lipinski definition) is 1. The fraction of sp³-hybridized carbons (Fsp3) is 0.579. The van der Waals surface area contributed by atoms with Crippen molar-refractivity contribution in [3.63, 3.8) is 0 Å². The summed E-state index contributed by atoms with van der Waals surface area (Å²) < 4.78 is 10.7. The summed E-state index contributed by atoms with van der Waals surface area (Å²) in [6.45, 7) is 8.23. The van der Waals surface area contributed by atoms with Gasteiger partial charge in [-0.05, 0) is 39.2 Å². The van der Waals surface area contributed by atoms with Crippen LogP contribution in [0.5, 0.6) is 0 Å². The molecular formula is C19H28N2O4. The first-order valence-corrected chi connectivity index (χ1v) is 8.75. The minimum Gasteiger partial charge on any atom is -0.445 e. The highest BCUT2D eigenvalue weighted by atomic mass is 16.6. The van der Waals surface area contributed by atoms with E-state index in [9.17, 15) is 9.59 Å². The van der Waals surface area contributed by atoms with E-state index >= 15 is 0 Å². The predicted octanol–water partition coefficient (Wildman–Crippen LogP) is 3.70. The van der Waals surface area contributed by atoms with Crippen molar-refractivity contribution in [3.05, 3.63) is 35.9 Å². The Hall–Kier alpha value is -2.24. The Morgan fingerprint density at radius 3 is 2.52 bits per heavy atom. The third-order valence-corrected chi connectivity index (χ3v) is 4.05. The van der Waals surface area contributed by atoms with Gasteiger partial charge in [-0.2, -0.15) is 0 Å². The summed E-state index contributed by atoms with van der Waals surface area (Å²) >= 11 is 0. The lowest BCUT2D eigenvalue weighted by Crippen LogP contribution is -2.42. The van der Waals surface area contributed by atoms with Crippen molar-refractivity contribution in [2.75, 3.05) is 6.54 Å². The standard InChI is InChI=1S/C19H28N2O4/c1-5-16-11-15(12-21(16)18(23)25-19(2,3)4)20-17(22)24-13-14-9-7-6-8-10-14/h6-10,15-16H,5,11-13H2,1-4H3,(H,20,22)/t15-,16-/m1/s1. The molecule has 1 aromatic rings. The Kier molecular flexibility index (Phi) is 6.28. The van der Waals surface area contributed by atoms with Crippen LogP contribution in [0.4, 0.5) is 9.59 Å². The molecule has 2 atom stereocenters. The summed E-state index contributed by atoms with van der Waals surface area (Å²) in [6.07, 6.45) is 0.725. The minimum absolute atomic E-state index is 0.0641. The first-order chi connectivity index (χ1) is 11.8. The van der Waals surface area contributed by atoms with Crippen molar-refractivity contribution in [2.45, 2.75) is 64.8 Å². The molecule has 0 saturated carbocycles. The van der Waals surface area contributed by atoms with Gasteiger partial charge in [-0.25, -0.2) is 9.59 Å². The number of rotatable bonds is 4. The number of likely N-dealkylation sites (tertiary alicyclic amines) is 1. The zero-order valence-electron chi connectivity index (χ0n) is 15.5. The molecule has 1 aromatic carbocycles. The highest BCUT2D eigenvalue weighted by Gasteiger charge is 2.37. The molecule has 1 fully saturated rings. The third-order valence-electron chi connectivity index (χ3n) is 4.05. The van der Waals surface area contributed by atoms with Gasteiger partial charge in [-0.1, -0.05) is 37.3 Å². The normalized spacial score (nSPS) is 20.2. The van der Waals surface area contributed by atoms with Crippen molar-refractivity contribution >= 4 is 12.2 Å². The van der Waals surface area contributed by atoms with Crippen LogP contribution in [0.3, 0.4) is 0 Å². The van der Waals surface area contributed by atoms with Crippen LogP contribution in [-0.4, -0.2) is 41.3 Å². The van der Waals surface area contributed by atoms with Gasteiger partial charge in [-0.3, -0.25) is 0 Å². The molecule has 2 amide bonds. The lowest BCUT2D eigenvalue weighted by Gasteiger charge is -2.28. The van der Waals surface area contributed by atoms with Crippen LogP contribution in [0.2, 0.25) is 0 Å². The number of benzene rings is 1. The molecule has 1 N–H and O–H groups in total. The van der Waals surface area contributed by atoms with E-state index in [1.807, 2.05) is 58.0 Å². The van der Waals surface area contributed by atoms with E-state index in [-0.39, 0.29) is 24.8 Å². The van der Waals surface area contributed by atoms with E-state index in [1.165, 1.54) is 0 Å². The maximum atomic E-state index is 12.3. The summed E-state index contributed by atoms with van der Waals surface area (Å²) in [6, 6.07) is 9.46. The van der Waals surface area contributed by atoms with Crippen molar-refractivity contribution in [1.82, 2.24) is 10.2 Å². The maximum Gasteiger partial charge on any atom is 0.410 e. The Labute approximate surface area is 149 Å². The quantitative estimate of drug-likeness (QED) is 0.901. The lowest BCUT2D eigenvalue weighted by atomic mass is 10.1. The minimum atomic E-state index is -0.532. The molecule has 1 saturated heterocycles. The zero-order valence-corrected chi connectivity index (χ0v) is 15.5. The molecule has 0 aliphatic carbocycles. The van der Waals surface area contributed by atoms with Crippen molar-refractivity contribution in [3.8, 4) is 0 Å². The van der Waals surface area contributed by atoms with E-state index in [2.05, 4.69) is 5.32 Å². The van der Waals surface area contributed by atoms with Gasteiger partial charge in [0.1, 0.15) is 12.2 Å². The fourth-order valence-corrected chi connectivity index (χ4v) is 2.88. The Morgan fingerprint density at radius 1 is 1.24 bits per heavy atom. The molecule has 0 bridgehead atoms. The SMILES string of the molecule is CC[C@@H]1C[C@@H](NC(=O)OCc2ccccc2)CN1C(=O)OC(C)(C)C. The number of carbonyl (C=O) groups excluding carboxylic acids is 2. The van der Waals surface area contributed by atoms with Crippen molar-refractivity contribution in [1.29, 1.82) is 0 Å². The van der Waals surface area contributed by atoms with Crippen LogP contribution in [0.1, 0.15) is 46.1 Å². The number of ether oxygens (including phenoxy) is 2. The van der Waals surface area contributed by atoms with E-state index in [4.69, 9.17) is 9.47 Å². The van der Waals surface area contributed by atoms with E-state index in [0.29, 0.717) is 13.0 Å². The summed E-state index contributed by atoms with van der Waals surface area (Å²) in [5.41, 5.74) is 0.404. The van der Waals surface area contributed by atoms with Crippen molar-refractivity contribution in [2.24, 2.45) is 0 Å². The number of nitrogens with zero attached hydrogens (tertiary/aromatic N) is 1. The second-order valence-corrected chi connectivity index (χ2v) is 7.33. The number of hydrogen-bond acceptors (Lipinski definition) is 4. The molecule has 0 spiro atoms. The summed E-state index contributed by atoms with van der Waals surface area (Å²) in [5.74, 6) is 0.